The Balaban J connectivity index is 1.46. The Bertz CT molecular complexity index is 674. The number of benzene rings is 2. The van der Waals surface area contributed by atoms with Gasteiger partial charge in [-0.25, -0.2) is 0 Å². The molecule has 1 heterocycles. The molecule has 1 aliphatic rings. The van der Waals surface area contributed by atoms with E-state index in [4.69, 9.17) is 9.47 Å². The Hall–Kier alpha value is -1.82. The van der Waals surface area contributed by atoms with Gasteiger partial charge in [0, 0.05) is 24.7 Å². The summed E-state index contributed by atoms with van der Waals surface area (Å²) in [4.78, 5) is 13.9. The summed E-state index contributed by atoms with van der Waals surface area (Å²) in [5, 5.41) is 2.80. The summed E-state index contributed by atoms with van der Waals surface area (Å²) in [5.41, 5.74) is 1.01. The Labute approximate surface area is 165 Å². The van der Waals surface area contributed by atoms with Crippen LogP contribution in [0.4, 0.5) is 0 Å². The van der Waals surface area contributed by atoms with Crippen LogP contribution < -0.4 is 5.32 Å². The molecule has 144 valence electrons. The lowest BCUT2D eigenvalue weighted by Crippen LogP contribution is -2.29. The van der Waals surface area contributed by atoms with Crippen LogP contribution in [0.3, 0.4) is 0 Å². The first-order chi connectivity index (χ1) is 13.3. The lowest BCUT2D eigenvalue weighted by molar-refractivity contribution is -0.120. The predicted octanol–water partition coefficient (Wildman–Crippen LogP) is 4.22. The molecule has 2 atom stereocenters. The van der Waals surface area contributed by atoms with Crippen molar-refractivity contribution in [3.8, 4) is 0 Å². The highest BCUT2D eigenvalue weighted by Crippen LogP contribution is 2.35. The average molecular weight is 386 g/mol. The van der Waals surface area contributed by atoms with Gasteiger partial charge in [0.2, 0.25) is 5.91 Å². The van der Waals surface area contributed by atoms with Crippen LogP contribution in [0.5, 0.6) is 0 Å². The molecule has 0 aromatic heterocycles. The molecule has 1 saturated heterocycles. The van der Waals surface area contributed by atoms with Crippen LogP contribution in [-0.2, 0) is 14.3 Å². The number of carbonyl (C=O) groups is 1. The number of nitrogens with one attached hydrogen (secondary N) is 1. The Morgan fingerprint density at radius 3 is 2.59 bits per heavy atom. The number of hydrogen-bond donors (Lipinski definition) is 1. The van der Waals surface area contributed by atoms with E-state index in [1.165, 1.54) is 0 Å². The van der Waals surface area contributed by atoms with E-state index in [0.29, 0.717) is 19.8 Å². The third kappa shape index (κ3) is 6.69. The van der Waals surface area contributed by atoms with Gasteiger partial charge in [-0.1, -0.05) is 48.5 Å². The van der Waals surface area contributed by atoms with Crippen LogP contribution in [-0.4, -0.2) is 38.4 Å². The highest BCUT2D eigenvalue weighted by molar-refractivity contribution is 8.00. The Kier molecular flexibility index (Phi) is 8.21. The van der Waals surface area contributed by atoms with Crippen LogP contribution in [0, 0.1) is 0 Å². The van der Waals surface area contributed by atoms with Crippen molar-refractivity contribution >= 4 is 17.7 Å². The number of rotatable bonds is 10. The van der Waals surface area contributed by atoms with Crippen molar-refractivity contribution in [2.75, 3.05) is 26.4 Å². The quantitative estimate of drug-likeness (QED) is 0.491. The van der Waals surface area contributed by atoms with E-state index < -0.39 is 0 Å². The van der Waals surface area contributed by atoms with Crippen molar-refractivity contribution in [2.24, 2.45) is 0 Å². The first-order valence-electron chi connectivity index (χ1n) is 9.56. The summed E-state index contributed by atoms with van der Waals surface area (Å²) < 4.78 is 11.2. The third-order valence-corrected chi connectivity index (χ3v) is 5.70. The molecule has 2 aromatic carbocycles. The molecule has 5 heteroatoms. The van der Waals surface area contributed by atoms with Crippen molar-refractivity contribution in [1.82, 2.24) is 5.32 Å². The van der Waals surface area contributed by atoms with Crippen molar-refractivity contribution in [3.05, 3.63) is 66.2 Å². The van der Waals surface area contributed by atoms with Crippen molar-refractivity contribution in [2.45, 2.75) is 35.5 Å². The van der Waals surface area contributed by atoms with Gasteiger partial charge in [-0.15, -0.1) is 11.8 Å². The van der Waals surface area contributed by atoms with Gasteiger partial charge in [-0.05, 0) is 37.0 Å². The molecular formula is C22H27NO3S. The SMILES string of the molecule is O=C(NCCCOCC1CCCO1)C(Sc1ccccc1)c1ccccc1. The zero-order chi connectivity index (χ0) is 18.7. The molecule has 0 spiro atoms. The summed E-state index contributed by atoms with van der Waals surface area (Å²) in [5.74, 6) is 0.0363. The minimum Gasteiger partial charge on any atom is -0.379 e. The molecule has 1 fully saturated rings. The van der Waals surface area contributed by atoms with Gasteiger partial charge in [0.25, 0.3) is 0 Å². The third-order valence-electron chi connectivity index (χ3n) is 4.43. The van der Waals surface area contributed by atoms with Crippen LogP contribution in [0.2, 0.25) is 0 Å². The fourth-order valence-electron chi connectivity index (χ4n) is 3.00. The normalized spacial score (nSPS) is 17.6. The molecule has 1 N–H and O–H groups in total. The predicted molar refractivity (Wildman–Crippen MR) is 109 cm³/mol. The lowest BCUT2D eigenvalue weighted by atomic mass is 10.1. The van der Waals surface area contributed by atoms with Gasteiger partial charge in [-0.2, -0.15) is 0 Å². The molecule has 2 unspecified atom stereocenters. The minimum atomic E-state index is -0.263. The van der Waals surface area contributed by atoms with E-state index in [-0.39, 0.29) is 17.3 Å². The van der Waals surface area contributed by atoms with E-state index in [9.17, 15) is 4.79 Å². The fourth-order valence-corrected chi connectivity index (χ4v) is 4.08. The van der Waals surface area contributed by atoms with Gasteiger partial charge in [0.1, 0.15) is 5.25 Å². The second-order valence-electron chi connectivity index (χ2n) is 6.58. The zero-order valence-corrected chi connectivity index (χ0v) is 16.3. The van der Waals surface area contributed by atoms with Crippen molar-refractivity contribution < 1.29 is 14.3 Å². The monoisotopic (exact) mass is 385 g/mol. The van der Waals surface area contributed by atoms with Crippen LogP contribution >= 0.6 is 11.8 Å². The van der Waals surface area contributed by atoms with E-state index in [0.717, 1.165) is 36.3 Å². The van der Waals surface area contributed by atoms with Crippen LogP contribution in [0.1, 0.15) is 30.1 Å². The van der Waals surface area contributed by atoms with Crippen LogP contribution in [0.15, 0.2) is 65.6 Å². The van der Waals surface area contributed by atoms with Gasteiger partial charge in [-0.3, -0.25) is 4.79 Å². The van der Waals surface area contributed by atoms with E-state index >= 15 is 0 Å². The molecule has 1 amide bonds. The first kappa shape index (κ1) is 19.9. The minimum absolute atomic E-state index is 0.0363. The molecule has 2 aromatic rings. The second kappa shape index (κ2) is 11.1. The lowest BCUT2D eigenvalue weighted by Gasteiger charge is -2.17. The molecule has 0 bridgehead atoms. The summed E-state index contributed by atoms with van der Waals surface area (Å²) in [6, 6.07) is 20.0. The molecule has 27 heavy (non-hydrogen) atoms. The number of amides is 1. The van der Waals surface area contributed by atoms with Gasteiger partial charge in [0.05, 0.1) is 12.7 Å². The van der Waals surface area contributed by atoms with Crippen molar-refractivity contribution in [3.63, 3.8) is 0 Å². The maximum atomic E-state index is 12.8. The van der Waals surface area contributed by atoms with Crippen molar-refractivity contribution in [1.29, 1.82) is 0 Å². The number of carbonyl (C=O) groups excluding carboxylic acids is 1. The molecule has 0 saturated carbocycles. The summed E-state index contributed by atoms with van der Waals surface area (Å²) in [6.07, 6.45) is 3.27. The fraction of sp³-hybridized carbons (Fsp3) is 0.409. The largest absolute Gasteiger partial charge is 0.379 e. The first-order valence-corrected chi connectivity index (χ1v) is 10.4. The van der Waals surface area contributed by atoms with E-state index in [2.05, 4.69) is 5.32 Å². The number of ether oxygens (including phenoxy) is 2. The highest BCUT2D eigenvalue weighted by Gasteiger charge is 2.21. The smallest absolute Gasteiger partial charge is 0.237 e. The maximum absolute atomic E-state index is 12.8. The zero-order valence-electron chi connectivity index (χ0n) is 15.5. The summed E-state index contributed by atoms with van der Waals surface area (Å²) in [6.45, 7) is 2.76. The maximum Gasteiger partial charge on any atom is 0.237 e. The standard InChI is InChI=1S/C22H27NO3S/c24-22(23-14-8-15-25-17-19-11-7-16-26-19)21(18-9-3-1-4-10-18)27-20-12-5-2-6-13-20/h1-6,9-10,12-13,19,21H,7-8,11,14-17H2,(H,23,24). The Morgan fingerprint density at radius 1 is 1.15 bits per heavy atom. The second-order valence-corrected chi connectivity index (χ2v) is 7.75. The molecule has 3 rings (SSSR count). The molecule has 0 radical (unpaired) electrons. The average Bonchev–Trinajstić information content (AvgIpc) is 3.23. The molecule has 4 nitrogen and oxygen atoms in total. The van der Waals surface area contributed by atoms with Gasteiger partial charge >= 0.3 is 0 Å². The van der Waals surface area contributed by atoms with Gasteiger partial charge in [0.15, 0.2) is 0 Å². The summed E-state index contributed by atoms with van der Waals surface area (Å²) >= 11 is 1.58. The molecule has 0 aliphatic carbocycles. The summed E-state index contributed by atoms with van der Waals surface area (Å²) in [7, 11) is 0. The Morgan fingerprint density at radius 2 is 1.89 bits per heavy atom. The molecule has 1 aliphatic heterocycles. The highest BCUT2D eigenvalue weighted by atomic mass is 32.2. The van der Waals surface area contributed by atoms with Gasteiger partial charge < -0.3 is 14.8 Å². The van der Waals surface area contributed by atoms with E-state index in [1.54, 1.807) is 11.8 Å². The molecular weight excluding hydrogens is 358 g/mol. The number of thioether (sulfide) groups is 1. The van der Waals surface area contributed by atoms with E-state index in [1.807, 2.05) is 60.7 Å². The topological polar surface area (TPSA) is 47.6 Å². The van der Waals surface area contributed by atoms with Crippen LogP contribution in [0.25, 0.3) is 0 Å². The number of hydrogen-bond acceptors (Lipinski definition) is 4.